The molecule has 188 valence electrons. The van der Waals surface area contributed by atoms with Gasteiger partial charge in [0.25, 0.3) is 5.91 Å². The summed E-state index contributed by atoms with van der Waals surface area (Å²) in [5.41, 5.74) is 0.664. The molecule has 1 aliphatic rings. The van der Waals surface area contributed by atoms with E-state index in [-0.39, 0.29) is 33.3 Å². The molecule has 2 aromatic carbocycles. The topological polar surface area (TPSA) is 86.3 Å². The maximum absolute atomic E-state index is 13.3. The Kier molecular flexibility index (Phi) is 3.64. The van der Waals surface area contributed by atoms with Gasteiger partial charge in [-0.05, 0) is 67.4 Å². The first kappa shape index (κ1) is 11.9. The van der Waals surface area contributed by atoms with Gasteiger partial charge in [-0.1, -0.05) is 18.2 Å². The lowest BCUT2D eigenvalue weighted by molar-refractivity contribution is 0.102. The Morgan fingerprint density at radius 2 is 1.95 bits per heavy atom. The summed E-state index contributed by atoms with van der Waals surface area (Å²) in [6, 6.07) is 13.3. The number of carbonyl (C=O) groups excluding carboxylic acids is 1. The molecule has 0 radical (unpaired) electrons. The SMILES string of the molecule is [2H]C([2H])([2H])c1ccc(NC(=O)c2ccc(C([2H])([2H])N3C([2H])([2H])C([2H])([2H])N(C([2H])([2H])[2H])C([2H])([2H])C3([2H])[2H])cc2)cc1Nc1nccc(-c2cccnc2)n1. The van der Waals surface area contributed by atoms with Crippen molar-refractivity contribution in [3.8, 4) is 11.3 Å². The quantitative estimate of drug-likeness (QED) is 0.377. The number of anilines is 3. The number of likely N-dealkylation sites (N-methyl/N-ethyl adjacent to an activating group) is 1. The molecule has 3 heterocycles. The molecule has 0 unspecified atom stereocenters. The minimum Gasteiger partial charge on any atom is -0.324 e. The highest BCUT2D eigenvalue weighted by Gasteiger charge is 2.14. The lowest BCUT2D eigenvalue weighted by atomic mass is 10.1. The molecule has 4 aromatic rings. The molecule has 1 saturated heterocycles. The molecule has 0 saturated carbocycles. The van der Waals surface area contributed by atoms with Crippen LogP contribution in [0.2, 0.25) is 0 Å². The van der Waals surface area contributed by atoms with E-state index in [1.54, 1.807) is 30.6 Å². The zero-order valence-electron chi connectivity index (χ0n) is 35.1. The van der Waals surface area contributed by atoms with Crippen LogP contribution in [0, 0.1) is 6.85 Å². The van der Waals surface area contributed by atoms with Gasteiger partial charge in [-0.15, -0.1) is 0 Å². The van der Waals surface area contributed by atoms with Gasteiger partial charge >= 0.3 is 0 Å². The second-order valence-corrected chi connectivity index (χ2v) is 7.65. The minimum absolute atomic E-state index is 0.0524. The lowest BCUT2D eigenvalue weighted by Gasteiger charge is -2.32. The van der Waals surface area contributed by atoms with Crippen LogP contribution < -0.4 is 10.6 Å². The number of nitrogens with zero attached hydrogens (tertiary/aromatic N) is 5. The summed E-state index contributed by atoms with van der Waals surface area (Å²) in [5, 5.41) is 5.48. The molecule has 1 aliphatic heterocycles. The average molecular weight is 510 g/mol. The smallest absolute Gasteiger partial charge is 0.255 e. The van der Waals surface area contributed by atoms with Gasteiger partial charge < -0.3 is 15.5 Å². The predicted molar refractivity (Wildman–Crippen MR) is 147 cm³/mol. The van der Waals surface area contributed by atoms with Crippen molar-refractivity contribution in [3.63, 3.8) is 0 Å². The largest absolute Gasteiger partial charge is 0.324 e. The van der Waals surface area contributed by atoms with Crippen LogP contribution in [-0.2, 0) is 6.50 Å². The highest BCUT2D eigenvalue weighted by atomic mass is 16.1. The maximum atomic E-state index is 13.3. The average Bonchev–Trinajstić information content (AvgIpc) is 3.03. The molecule has 1 amide bonds. The fraction of sp³-hybridized carbons (Fsp3) is 0.241. The first-order valence-corrected chi connectivity index (χ1v) is 10.9. The Hall–Kier alpha value is -4.14. The third-order valence-corrected chi connectivity index (χ3v) is 5.07. The van der Waals surface area contributed by atoms with Crippen molar-refractivity contribution in [1.82, 2.24) is 24.8 Å². The van der Waals surface area contributed by atoms with Crippen LogP contribution in [0.4, 0.5) is 17.3 Å². The Labute approximate surface area is 239 Å². The summed E-state index contributed by atoms with van der Waals surface area (Å²) in [7, 11) is 0. The van der Waals surface area contributed by atoms with Crippen LogP contribution in [0.3, 0.4) is 0 Å². The third kappa shape index (κ3) is 6.35. The molecular formula is C29H31N7O. The van der Waals surface area contributed by atoms with Gasteiger partial charge in [0, 0.05) is 95.5 Å². The molecule has 1 fully saturated rings. The van der Waals surface area contributed by atoms with Crippen molar-refractivity contribution in [1.29, 1.82) is 0 Å². The number of carbonyl (C=O) groups is 1. The number of benzene rings is 2. The van der Waals surface area contributed by atoms with Gasteiger partial charge in [-0.3, -0.25) is 14.7 Å². The van der Waals surface area contributed by atoms with Gasteiger partial charge in [0.1, 0.15) is 0 Å². The van der Waals surface area contributed by atoms with E-state index in [2.05, 4.69) is 25.6 Å². The van der Waals surface area contributed by atoms with Crippen molar-refractivity contribution < 1.29 is 26.7 Å². The molecule has 37 heavy (non-hydrogen) atoms. The van der Waals surface area contributed by atoms with Gasteiger partial charge in [0.2, 0.25) is 5.95 Å². The number of amides is 1. The molecule has 0 aliphatic carbocycles. The Bertz CT molecular complexity index is 1960. The number of pyridine rings is 1. The highest BCUT2D eigenvalue weighted by molar-refractivity contribution is 6.04. The predicted octanol–water partition coefficient (Wildman–Crippen LogP) is 4.59. The monoisotopic (exact) mass is 509 g/mol. The van der Waals surface area contributed by atoms with Gasteiger partial charge in [-0.2, -0.15) is 0 Å². The second-order valence-electron chi connectivity index (χ2n) is 7.65. The molecule has 2 aromatic heterocycles. The van der Waals surface area contributed by atoms with E-state index in [1.165, 1.54) is 24.4 Å². The molecule has 8 heteroatoms. The second kappa shape index (κ2) is 11.3. The molecule has 0 bridgehead atoms. The number of aryl methyl sites for hydroxylation is 1. The number of rotatable bonds is 7. The van der Waals surface area contributed by atoms with E-state index in [0.717, 1.165) is 24.3 Å². The number of nitrogens with one attached hydrogen (secondary N) is 2. The standard InChI is InChI=1S/C29H31N7O/c1-21-5-10-25(18-27(21)34-29-31-13-11-26(33-29)24-4-3-12-30-19-24)32-28(37)23-8-6-22(7-9-23)20-36-16-14-35(2)15-17-36/h3-13,18-19H,14-17,20H2,1-2H3,(H,32,37)(H,31,33,34)/i1D3,2D3,14D2,15D2,16D2,17D2,20D2. The summed E-state index contributed by atoms with van der Waals surface area (Å²) >= 11 is 0. The van der Waals surface area contributed by atoms with Crippen LogP contribution >= 0.6 is 0 Å². The van der Waals surface area contributed by atoms with Crippen LogP contribution in [0.15, 0.2) is 79.3 Å². The van der Waals surface area contributed by atoms with Gasteiger partial charge in [0.05, 0.1) is 5.69 Å². The van der Waals surface area contributed by atoms with Crippen molar-refractivity contribution in [2.24, 2.45) is 0 Å². The summed E-state index contributed by atoms with van der Waals surface area (Å²) < 4.78 is 131. The third-order valence-electron chi connectivity index (χ3n) is 5.07. The van der Waals surface area contributed by atoms with Crippen LogP contribution in [0.5, 0.6) is 0 Å². The van der Waals surface area contributed by atoms with E-state index in [1.807, 2.05) is 0 Å². The van der Waals surface area contributed by atoms with E-state index in [4.69, 9.17) is 21.9 Å². The Morgan fingerprint density at radius 3 is 2.70 bits per heavy atom. The normalized spacial score (nSPS) is 27.2. The maximum Gasteiger partial charge on any atom is 0.255 e. The number of hydrogen-bond donors (Lipinski definition) is 2. The molecule has 0 spiro atoms. The zero-order chi connectivity index (χ0) is 39.6. The molecule has 5 rings (SSSR count). The fourth-order valence-electron chi connectivity index (χ4n) is 3.28. The summed E-state index contributed by atoms with van der Waals surface area (Å²) in [5.74, 6) is -0.705. The summed E-state index contributed by atoms with van der Waals surface area (Å²) in [6.45, 7) is -24.7. The Balaban J connectivity index is 1.42. The number of piperazine rings is 1. The summed E-state index contributed by atoms with van der Waals surface area (Å²) in [6.07, 6.45) is 4.66. The van der Waals surface area contributed by atoms with Crippen LogP contribution in [0.1, 0.15) is 43.4 Å². The molecule has 0 atom stereocenters. The van der Waals surface area contributed by atoms with E-state index >= 15 is 0 Å². The van der Waals surface area contributed by atoms with Crippen LogP contribution in [-0.4, -0.2) is 63.6 Å². The number of hydrogen-bond acceptors (Lipinski definition) is 7. The highest BCUT2D eigenvalue weighted by Crippen LogP contribution is 2.24. The van der Waals surface area contributed by atoms with Crippen molar-refractivity contribution in [3.05, 3.63) is 95.9 Å². The van der Waals surface area contributed by atoms with Crippen molar-refractivity contribution in [2.75, 3.05) is 43.6 Å². The fourth-order valence-corrected chi connectivity index (χ4v) is 3.28. The van der Waals surface area contributed by atoms with Gasteiger partial charge in [-0.25, -0.2) is 9.97 Å². The summed E-state index contributed by atoms with van der Waals surface area (Å²) in [4.78, 5) is 25.1. The number of aromatic nitrogens is 3. The van der Waals surface area contributed by atoms with Crippen molar-refractivity contribution >= 4 is 23.2 Å². The first-order valence-electron chi connectivity index (χ1n) is 18.9. The zero-order valence-corrected chi connectivity index (χ0v) is 19.1. The Morgan fingerprint density at radius 1 is 1.08 bits per heavy atom. The van der Waals surface area contributed by atoms with E-state index in [9.17, 15) is 4.79 Å². The molecule has 8 nitrogen and oxygen atoms in total. The lowest BCUT2D eigenvalue weighted by Crippen LogP contribution is -2.43. The first-order chi connectivity index (χ1) is 24.2. The minimum atomic E-state index is -3.78. The van der Waals surface area contributed by atoms with Gasteiger partial charge in [0.15, 0.2) is 0 Å². The van der Waals surface area contributed by atoms with Crippen LogP contribution in [0.25, 0.3) is 11.3 Å². The van der Waals surface area contributed by atoms with E-state index < -0.39 is 62.7 Å². The van der Waals surface area contributed by atoms with E-state index in [0.29, 0.717) is 11.3 Å². The molecule has 2 N–H and O–H groups in total. The molecular weight excluding hydrogens is 462 g/mol. The van der Waals surface area contributed by atoms with Crippen molar-refractivity contribution in [2.45, 2.75) is 13.3 Å².